The van der Waals surface area contributed by atoms with Gasteiger partial charge in [-0.15, -0.1) is 0 Å². The molecule has 0 bridgehead atoms. The van der Waals surface area contributed by atoms with E-state index in [4.69, 9.17) is 4.74 Å². The molecule has 4 heterocycles. The average molecular weight is 468 g/mol. The fourth-order valence-corrected chi connectivity index (χ4v) is 6.65. The van der Waals surface area contributed by atoms with Crippen molar-refractivity contribution in [2.45, 2.75) is 35.7 Å². The van der Waals surface area contributed by atoms with Crippen molar-refractivity contribution in [2.24, 2.45) is 0 Å². The van der Waals surface area contributed by atoms with Crippen LogP contribution < -0.4 is 10.6 Å². The second-order valence-electron chi connectivity index (χ2n) is 8.92. The number of anilines is 2. The lowest BCUT2D eigenvalue weighted by Crippen LogP contribution is -2.52. The summed E-state index contributed by atoms with van der Waals surface area (Å²) < 4.78 is 33.1. The Morgan fingerprint density at radius 1 is 1.12 bits per heavy atom. The van der Waals surface area contributed by atoms with Crippen molar-refractivity contribution < 1.29 is 17.9 Å². The first-order chi connectivity index (χ1) is 16.0. The zero-order valence-electron chi connectivity index (χ0n) is 18.0. The number of hydrogen-bond donors (Lipinski definition) is 2. The molecule has 6 rings (SSSR count). The van der Waals surface area contributed by atoms with Gasteiger partial charge in [-0.1, -0.05) is 18.2 Å². The summed E-state index contributed by atoms with van der Waals surface area (Å²) >= 11 is 0. The first-order valence-electron chi connectivity index (χ1n) is 11.2. The predicted octanol–water partition coefficient (Wildman–Crippen LogP) is 2.26. The largest absolute Gasteiger partial charge is 0.379 e. The molecular formula is C23H25N5O4S. The molecule has 33 heavy (non-hydrogen) atoms. The molecule has 1 saturated carbocycles. The Bertz CT molecular complexity index is 1330. The summed E-state index contributed by atoms with van der Waals surface area (Å²) in [6, 6.07) is 10.4. The lowest BCUT2D eigenvalue weighted by molar-refractivity contribution is -0.120. The summed E-state index contributed by atoms with van der Waals surface area (Å²) in [4.78, 5) is 20.1. The number of hydrogen-bond acceptors (Lipinski definition) is 7. The molecule has 1 aromatic carbocycles. The number of nitrogens with zero attached hydrogens (tertiary/aromatic N) is 3. The molecule has 1 amide bonds. The minimum atomic E-state index is -3.79. The highest BCUT2D eigenvalue weighted by Gasteiger charge is 2.49. The lowest BCUT2D eigenvalue weighted by Gasteiger charge is -2.37. The second kappa shape index (κ2) is 7.54. The van der Waals surface area contributed by atoms with Crippen molar-refractivity contribution in [2.75, 3.05) is 36.9 Å². The van der Waals surface area contributed by atoms with Crippen LogP contribution in [0.4, 0.5) is 11.4 Å². The third kappa shape index (κ3) is 3.24. The van der Waals surface area contributed by atoms with Crippen LogP contribution in [-0.4, -0.2) is 66.1 Å². The van der Waals surface area contributed by atoms with E-state index in [1.807, 2.05) is 0 Å². The number of carbonyl (C=O) groups is 1. The smallest absolute Gasteiger partial charge is 0.269 e. The minimum absolute atomic E-state index is 0.0525. The molecule has 1 aliphatic carbocycles. The van der Waals surface area contributed by atoms with E-state index in [1.165, 1.54) is 16.4 Å². The quantitative estimate of drug-likeness (QED) is 0.609. The summed E-state index contributed by atoms with van der Waals surface area (Å²) in [6.07, 6.45) is 5.39. The lowest BCUT2D eigenvalue weighted by atomic mass is 9.92. The number of fused-ring (bicyclic) bond motifs is 3. The zero-order chi connectivity index (χ0) is 22.6. The number of pyridine rings is 1. The van der Waals surface area contributed by atoms with Crippen molar-refractivity contribution >= 4 is 38.3 Å². The van der Waals surface area contributed by atoms with E-state index in [9.17, 15) is 13.2 Å². The second-order valence-corrected chi connectivity index (χ2v) is 10.7. The summed E-state index contributed by atoms with van der Waals surface area (Å²) in [5.74, 6) is -0.0525. The predicted molar refractivity (Wildman–Crippen MR) is 124 cm³/mol. The highest BCUT2D eigenvalue weighted by molar-refractivity contribution is 7.90. The van der Waals surface area contributed by atoms with E-state index in [-0.39, 0.29) is 10.8 Å². The standard InChI is InChI=1S/C23H25N5O4S/c29-22-23(8-6-16(14-23)27-10-12-32-13-11-27)26-20-18-7-9-28(21(18)24-15-19(20)25-22)33(30,31)17-4-2-1-3-5-17/h1-5,7,9,15-16,26H,6,8,10-14H2,(H,25,29). The van der Waals surface area contributed by atoms with E-state index < -0.39 is 15.6 Å². The van der Waals surface area contributed by atoms with E-state index >= 15 is 0 Å². The highest BCUT2D eigenvalue weighted by Crippen LogP contribution is 2.44. The van der Waals surface area contributed by atoms with E-state index in [0.717, 1.165) is 38.4 Å². The van der Waals surface area contributed by atoms with Crippen molar-refractivity contribution in [1.29, 1.82) is 0 Å². The van der Waals surface area contributed by atoms with Gasteiger partial charge in [0.2, 0.25) is 5.91 Å². The summed E-state index contributed by atoms with van der Waals surface area (Å²) in [5.41, 5.74) is 0.913. The molecule has 3 aliphatic rings. The van der Waals surface area contributed by atoms with Crippen LogP contribution in [0, 0.1) is 0 Å². The van der Waals surface area contributed by atoms with Gasteiger partial charge in [0.15, 0.2) is 5.65 Å². The molecule has 2 unspecified atom stereocenters. The van der Waals surface area contributed by atoms with Gasteiger partial charge in [0.25, 0.3) is 10.0 Å². The summed E-state index contributed by atoms with van der Waals surface area (Å²) in [5, 5.41) is 7.21. The molecule has 1 saturated heterocycles. The molecule has 2 aliphatic heterocycles. The number of amides is 1. The molecule has 172 valence electrons. The Labute approximate surface area is 191 Å². The number of ether oxygens (including phenoxy) is 1. The Morgan fingerprint density at radius 3 is 2.70 bits per heavy atom. The molecule has 3 aromatic rings. The molecule has 2 aromatic heterocycles. The maximum absolute atomic E-state index is 13.2. The molecule has 1 spiro atoms. The van der Waals surface area contributed by atoms with Crippen molar-refractivity contribution in [3.63, 3.8) is 0 Å². The maximum atomic E-state index is 13.2. The van der Waals surface area contributed by atoms with Crippen molar-refractivity contribution in [3.8, 4) is 0 Å². The number of rotatable bonds is 3. The third-order valence-corrected chi connectivity index (χ3v) is 8.76. The van der Waals surface area contributed by atoms with Gasteiger partial charge >= 0.3 is 0 Å². The van der Waals surface area contributed by atoms with Crippen LogP contribution >= 0.6 is 0 Å². The molecule has 10 heteroatoms. The Morgan fingerprint density at radius 2 is 1.91 bits per heavy atom. The van der Waals surface area contributed by atoms with Crippen LogP contribution in [-0.2, 0) is 19.6 Å². The van der Waals surface area contributed by atoms with Crippen LogP contribution in [0.5, 0.6) is 0 Å². The molecular weight excluding hydrogens is 442 g/mol. The Kier molecular flexibility index (Phi) is 4.72. The highest BCUT2D eigenvalue weighted by atomic mass is 32.2. The van der Waals surface area contributed by atoms with Gasteiger partial charge in [-0.05, 0) is 37.5 Å². The zero-order valence-corrected chi connectivity index (χ0v) is 18.8. The van der Waals surface area contributed by atoms with Gasteiger partial charge in [-0.3, -0.25) is 9.69 Å². The number of morpholine rings is 1. The molecule has 2 atom stereocenters. The van der Waals surface area contributed by atoms with Crippen LogP contribution in [0.15, 0.2) is 53.7 Å². The molecule has 2 N–H and O–H groups in total. The van der Waals surface area contributed by atoms with Gasteiger partial charge in [-0.2, -0.15) is 0 Å². The van der Waals surface area contributed by atoms with Crippen LogP contribution in [0.1, 0.15) is 19.3 Å². The van der Waals surface area contributed by atoms with Gasteiger partial charge < -0.3 is 15.4 Å². The monoisotopic (exact) mass is 467 g/mol. The normalized spacial score (nSPS) is 25.7. The summed E-state index contributed by atoms with van der Waals surface area (Å²) in [7, 11) is -3.79. The molecule has 0 radical (unpaired) electrons. The number of nitrogens with one attached hydrogen (secondary N) is 2. The van der Waals surface area contributed by atoms with Crippen LogP contribution in [0.2, 0.25) is 0 Å². The maximum Gasteiger partial charge on any atom is 0.269 e. The van der Waals surface area contributed by atoms with Crippen LogP contribution in [0.25, 0.3) is 11.0 Å². The Balaban J connectivity index is 1.37. The number of carbonyl (C=O) groups excluding carboxylic acids is 1. The molecule has 9 nitrogen and oxygen atoms in total. The average Bonchev–Trinajstić information content (AvgIpc) is 3.47. The van der Waals surface area contributed by atoms with E-state index in [1.54, 1.807) is 36.4 Å². The van der Waals surface area contributed by atoms with Crippen LogP contribution in [0.3, 0.4) is 0 Å². The molecule has 2 fully saturated rings. The first kappa shape index (κ1) is 20.6. The summed E-state index contributed by atoms with van der Waals surface area (Å²) in [6.45, 7) is 3.21. The van der Waals surface area contributed by atoms with Gasteiger partial charge in [0.1, 0.15) is 5.54 Å². The van der Waals surface area contributed by atoms with Crippen molar-refractivity contribution in [1.82, 2.24) is 13.9 Å². The minimum Gasteiger partial charge on any atom is -0.379 e. The topological polar surface area (TPSA) is 106 Å². The number of aromatic nitrogens is 2. The number of benzene rings is 1. The fraction of sp³-hybridized carbons (Fsp3) is 0.391. The Hall–Kier alpha value is -2.95. The fourth-order valence-electron chi connectivity index (χ4n) is 5.32. The van der Waals surface area contributed by atoms with Crippen molar-refractivity contribution in [3.05, 3.63) is 48.8 Å². The van der Waals surface area contributed by atoms with E-state index in [0.29, 0.717) is 35.6 Å². The van der Waals surface area contributed by atoms with Gasteiger partial charge in [0.05, 0.1) is 35.7 Å². The van der Waals surface area contributed by atoms with Gasteiger partial charge in [0, 0.05) is 30.7 Å². The van der Waals surface area contributed by atoms with E-state index in [2.05, 4.69) is 20.5 Å². The first-order valence-corrected chi connectivity index (χ1v) is 12.6. The SMILES string of the molecule is O=C1Nc2cnc3c(ccn3S(=O)(=O)c3ccccc3)c2NC12CCC(N1CCOCC1)C2. The third-order valence-electron chi connectivity index (χ3n) is 7.08. The van der Waals surface area contributed by atoms with Gasteiger partial charge in [-0.25, -0.2) is 17.4 Å².